The van der Waals surface area contributed by atoms with Gasteiger partial charge >= 0.3 is 0 Å². The molecule has 0 spiro atoms. The molecule has 2 aliphatic rings. The van der Waals surface area contributed by atoms with E-state index in [4.69, 9.17) is 9.97 Å². The first-order chi connectivity index (χ1) is 16.5. The Morgan fingerprint density at radius 2 is 1.79 bits per heavy atom. The predicted molar refractivity (Wildman–Crippen MR) is 141 cm³/mol. The first-order valence-electron chi connectivity index (χ1n) is 12.6. The van der Waals surface area contributed by atoms with E-state index in [1.54, 1.807) is 0 Å². The van der Waals surface area contributed by atoms with E-state index in [-0.39, 0.29) is 0 Å². The van der Waals surface area contributed by atoms with Gasteiger partial charge in [-0.2, -0.15) is 0 Å². The molecular weight excluding hydrogens is 418 g/mol. The molecule has 0 amide bonds. The van der Waals surface area contributed by atoms with Gasteiger partial charge in [-0.25, -0.2) is 9.97 Å². The van der Waals surface area contributed by atoms with Gasteiger partial charge in [0.15, 0.2) is 5.82 Å². The van der Waals surface area contributed by atoms with Gasteiger partial charge in [-0.15, -0.1) is 0 Å². The van der Waals surface area contributed by atoms with E-state index < -0.39 is 0 Å². The molecule has 0 radical (unpaired) electrons. The van der Waals surface area contributed by atoms with Crippen LogP contribution in [-0.4, -0.2) is 34.6 Å². The Balaban J connectivity index is 1.44. The summed E-state index contributed by atoms with van der Waals surface area (Å²) in [5.74, 6) is 2.53. The largest absolute Gasteiger partial charge is 0.366 e. The molecule has 1 N–H and O–H groups in total. The molecule has 6 rings (SSSR count). The molecule has 1 saturated heterocycles. The lowest BCUT2D eigenvalue weighted by Crippen LogP contribution is -2.41. The van der Waals surface area contributed by atoms with Crippen LogP contribution in [0.25, 0.3) is 22.3 Å². The summed E-state index contributed by atoms with van der Waals surface area (Å²) in [4.78, 5) is 18.8. The summed E-state index contributed by atoms with van der Waals surface area (Å²) in [6, 6.07) is 13.3. The monoisotopic (exact) mass is 451 g/mol. The highest BCUT2D eigenvalue weighted by atomic mass is 15.3. The molecule has 5 nitrogen and oxygen atoms in total. The topological polar surface area (TPSA) is 48.1 Å². The fourth-order valence-corrected chi connectivity index (χ4v) is 5.38. The highest BCUT2D eigenvalue weighted by molar-refractivity contribution is 5.96. The summed E-state index contributed by atoms with van der Waals surface area (Å²) in [5, 5.41) is 1.23. The molecule has 0 atom stereocenters. The van der Waals surface area contributed by atoms with Crippen molar-refractivity contribution >= 4 is 22.4 Å². The van der Waals surface area contributed by atoms with E-state index in [0.717, 1.165) is 55.3 Å². The molecular formula is C29H33N5. The van der Waals surface area contributed by atoms with E-state index in [2.05, 4.69) is 85.1 Å². The molecule has 0 saturated carbocycles. The molecule has 5 heteroatoms. The number of aryl methyl sites for hydroxylation is 2. The highest BCUT2D eigenvalue weighted by Crippen LogP contribution is 2.37. The molecule has 0 bridgehead atoms. The zero-order valence-corrected chi connectivity index (χ0v) is 20.7. The van der Waals surface area contributed by atoms with Crippen molar-refractivity contribution in [3.05, 3.63) is 70.5 Å². The molecule has 2 aliphatic heterocycles. The van der Waals surface area contributed by atoms with E-state index in [1.165, 1.54) is 45.4 Å². The molecule has 2 aromatic heterocycles. The van der Waals surface area contributed by atoms with E-state index in [0.29, 0.717) is 5.92 Å². The molecule has 4 heterocycles. The SMILES string of the molecule is Cc1ccc(C(C)C)cc1N1CCc2nc(-c3cccc4[nH]cc(C)c34)nc(N3CCC3)c2C1. The fourth-order valence-electron chi connectivity index (χ4n) is 5.38. The van der Waals surface area contributed by atoms with Crippen molar-refractivity contribution in [3.63, 3.8) is 0 Å². The van der Waals surface area contributed by atoms with Crippen molar-refractivity contribution in [2.75, 3.05) is 29.4 Å². The van der Waals surface area contributed by atoms with Crippen LogP contribution < -0.4 is 9.80 Å². The Bertz CT molecular complexity index is 1380. The zero-order chi connectivity index (χ0) is 23.4. The van der Waals surface area contributed by atoms with Gasteiger partial charge in [0.2, 0.25) is 0 Å². The maximum Gasteiger partial charge on any atom is 0.162 e. The van der Waals surface area contributed by atoms with Crippen LogP contribution in [0.5, 0.6) is 0 Å². The Morgan fingerprint density at radius 3 is 2.56 bits per heavy atom. The summed E-state index contributed by atoms with van der Waals surface area (Å²) >= 11 is 0. The molecule has 34 heavy (non-hydrogen) atoms. The number of nitrogens with one attached hydrogen (secondary N) is 1. The quantitative estimate of drug-likeness (QED) is 0.405. The Morgan fingerprint density at radius 1 is 0.941 bits per heavy atom. The average Bonchev–Trinajstić information content (AvgIpc) is 3.19. The summed E-state index contributed by atoms with van der Waals surface area (Å²) < 4.78 is 0. The minimum absolute atomic E-state index is 0.526. The normalized spacial score (nSPS) is 15.7. The lowest BCUT2D eigenvalue weighted by Gasteiger charge is -2.38. The average molecular weight is 452 g/mol. The number of aromatic amines is 1. The highest BCUT2D eigenvalue weighted by Gasteiger charge is 2.29. The van der Waals surface area contributed by atoms with Crippen LogP contribution in [0, 0.1) is 13.8 Å². The summed E-state index contributed by atoms with van der Waals surface area (Å²) in [5.41, 5.74) is 10.1. The van der Waals surface area contributed by atoms with Crippen LogP contribution in [0.1, 0.15) is 54.1 Å². The van der Waals surface area contributed by atoms with Crippen molar-refractivity contribution in [1.82, 2.24) is 15.0 Å². The van der Waals surface area contributed by atoms with Gasteiger partial charge in [-0.3, -0.25) is 0 Å². The number of rotatable bonds is 4. The van der Waals surface area contributed by atoms with Crippen LogP contribution in [0.15, 0.2) is 42.6 Å². The minimum Gasteiger partial charge on any atom is -0.366 e. The van der Waals surface area contributed by atoms with Crippen molar-refractivity contribution in [1.29, 1.82) is 0 Å². The number of hydrogen-bond donors (Lipinski definition) is 1. The van der Waals surface area contributed by atoms with Gasteiger partial charge < -0.3 is 14.8 Å². The summed E-state index contributed by atoms with van der Waals surface area (Å²) in [6.45, 7) is 12.9. The molecule has 4 aromatic rings. The third-order valence-electron chi connectivity index (χ3n) is 7.58. The third kappa shape index (κ3) is 3.46. The van der Waals surface area contributed by atoms with Gasteiger partial charge in [0.05, 0.1) is 5.69 Å². The smallest absolute Gasteiger partial charge is 0.162 e. The second kappa shape index (κ2) is 8.15. The van der Waals surface area contributed by atoms with Crippen LogP contribution in [-0.2, 0) is 13.0 Å². The van der Waals surface area contributed by atoms with Crippen LogP contribution >= 0.6 is 0 Å². The molecule has 2 aromatic carbocycles. The number of aromatic nitrogens is 3. The second-order valence-corrected chi connectivity index (χ2v) is 10.2. The molecule has 174 valence electrons. The number of nitrogens with zero attached hydrogens (tertiary/aromatic N) is 4. The first kappa shape index (κ1) is 21.2. The summed E-state index contributed by atoms with van der Waals surface area (Å²) in [7, 11) is 0. The fraction of sp³-hybridized carbons (Fsp3) is 0.379. The number of benzene rings is 2. The third-order valence-corrected chi connectivity index (χ3v) is 7.58. The van der Waals surface area contributed by atoms with Gasteiger partial charge in [0.25, 0.3) is 0 Å². The van der Waals surface area contributed by atoms with Gasteiger partial charge in [0, 0.05) is 66.5 Å². The second-order valence-electron chi connectivity index (χ2n) is 10.2. The predicted octanol–water partition coefficient (Wildman–Crippen LogP) is 6.14. The van der Waals surface area contributed by atoms with Crippen molar-refractivity contribution in [2.24, 2.45) is 0 Å². The Hall–Kier alpha value is -3.34. The maximum absolute atomic E-state index is 5.22. The van der Waals surface area contributed by atoms with Crippen LogP contribution in [0.4, 0.5) is 11.5 Å². The van der Waals surface area contributed by atoms with E-state index in [1.807, 2.05) is 0 Å². The lowest BCUT2D eigenvalue weighted by atomic mass is 9.97. The van der Waals surface area contributed by atoms with Gasteiger partial charge in [-0.05, 0) is 55.0 Å². The molecule has 1 fully saturated rings. The van der Waals surface area contributed by atoms with Crippen LogP contribution in [0.2, 0.25) is 0 Å². The standard InChI is InChI=1S/C29H33N5/c1-18(2)21-10-9-19(3)26(15-21)34-14-11-24-23(17-34)29(33-12-6-13-33)32-28(31-24)22-7-5-8-25-27(22)20(4)16-30-25/h5,7-10,15-16,18,30H,6,11-14,17H2,1-4H3. The Kier molecular flexibility index (Phi) is 5.09. The van der Waals surface area contributed by atoms with Gasteiger partial charge in [0.1, 0.15) is 5.82 Å². The number of H-pyrrole nitrogens is 1. The van der Waals surface area contributed by atoms with E-state index >= 15 is 0 Å². The lowest BCUT2D eigenvalue weighted by molar-refractivity contribution is 0.597. The number of hydrogen-bond acceptors (Lipinski definition) is 4. The van der Waals surface area contributed by atoms with Crippen molar-refractivity contribution in [3.8, 4) is 11.4 Å². The number of anilines is 2. The zero-order valence-electron chi connectivity index (χ0n) is 20.7. The maximum atomic E-state index is 5.22. The summed E-state index contributed by atoms with van der Waals surface area (Å²) in [6.07, 6.45) is 4.26. The van der Waals surface area contributed by atoms with Gasteiger partial charge in [-0.1, -0.05) is 38.1 Å². The molecule has 0 aliphatic carbocycles. The molecule has 0 unspecified atom stereocenters. The number of fused-ring (bicyclic) bond motifs is 2. The van der Waals surface area contributed by atoms with Crippen molar-refractivity contribution in [2.45, 2.75) is 53.0 Å². The van der Waals surface area contributed by atoms with E-state index in [9.17, 15) is 0 Å². The Labute approximate surface area is 201 Å². The van der Waals surface area contributed by atoms with Crippen LogP contribution in [0.3, 0.4) is 0 Å². The van der Waals surface area contributed by atoms with Crippen molar-refractivity contribution < 1.29 is 0 Å². The first-order valence-corrected chi connectivity index (χ1v) is 12.6. The minimum atomic E-state index is 0.526.